The number of rotatable bonds is 4. The molecule has 21 heavy (non-hydrogen) atoms. The number of nitrogens with one attached hydrogen (secondary N) is 1. The third-order valence-corrected chi connectivity index (χ3v) is 5.24. The molecular formula is C17H26N2O2. The van der Waals surface area contributed by atoms with Gasteiger partial charge in [-0.2, -0.15) is 0 Å². The Labute approximate surface area is 126 Å². The summed E-state index contributed by atoms with van der Waals surface area (Å²) in [6, 6.07) is 7.02. The molecule has 0 aliphatic carbocycles. The number of aromatic hydroxyl groups is 2. The van der Waals surface area contributed by atoms with Crippen LogP contribution in [0.3, 0.4) is 0 Å². The molecule has 3 N–H and O–H groups in total. The van der Waals surface area contributed by atoms with Crippen LogP contribution in [0, 0.1) is 0 Å². The topological polar surface area (TPSA) is 55.7 Å². The van der Waals surface area contributed by atoms with Gasteiger partial charge in [0, 0.05) is 35.8 Å². The van der Waals surface area contributed by atoms with Crippen LogP contribution in [-0.4, -0.2) is 39.8 Å². The Morgan fingerprint density at radius 1 is 1.24 bits per heavy atom. The van der Waals surface area contributed by atoms with Crippen molar-refractivity contribution in [1.82, 2.24) is 10.2 Å². The molecule has 4 heteroatoms. The fourth-order valence-corrected chi connectivity index (χ4v) is 4.21. The summed E-state index contributed by atoms with van der Waals surface area (Å²) in [6.45, 7) is 5.32. The van der Waals surface area contributed by atoms with E-state index in [0.29, 0.717) is 18.1 Å². The Kier molecular flexibility index (Phi) is 4.09. The average molecular weight is 290 g/mol. The van der Waals surface area contributed by atoms with Crippen molar-refractivity contribution in [3.8, 4) is 11.5 Å². The zero-order valence-corrected chi connectivity index (χ0v) is 12.9. The lowest BCUT2D eigenvalue weighted by atomic mass is 9.95. The second-order valence-electron chi connectivity index (χ2n) is 6.51. The van der Waals surface area contributed by atoms with Gasteiger partial charge in [0.05, 0.1) is 0 Å². The molecule has 0 aromatic heterocycles. The van der Waals surface area contributed by atoms with Crippen molar-refractivity contribution in [1.29, 1.82) is 0 Å². The molecule has 3 unspecified atom stereocenters. The normalized spacial score (nSPS) is 29.8. The molecule has 0 saturated carbocycles. The number of phenols is 2. The Bertz CT molecular complexity index is 494. The zero-order chi connectivity index (χ0) is 15.0. The van der Waals surface area contributed by atoms with E-state index in [1.54, 1.807) is 6.07 Å². The molecule has 3 rings (SSSR count). The van der Waals surface area contributed by atoms with Gasteiger partial charge in [-0.15, -0.1) is 0 Å². The number of hydrogen-bond donors (Lipinski definition) is 3. The number of nitrogens with zero attached hydrogens (tertiary/aromatic N) is 1. The van der Waals surface area contributed by atoms with Crippen molar-refractivity contribution < 1.29 is 10.2 Å². The van der Waals surface area contributed by atoms with E-state index in [1.807, 2.05) is 6.07 Å². The van der Waals surface area contributed by atoms with Crippen molar-refractivity contribution >= 4 is 0 Å². The summed E-state index contributed by atoms with van der Waals surface area (Å²) in [6.07, 6.45) is 5.01. The van der Waals surface area contributed by atoms with Gasteiger partial charge >= 0.3 is 0 Å². The van der Waals surface area contributed by atoms with Crippen LogP contribution in [0.15, 0.2) is 18.2 Å². The van der Waals surface area contributed by atoms with Crippen LogP contribution in [0.25, 0.3) is 0 Å². The molecule has 3 atom stereocenters. The molecule has 2 fully saturated rings. The highest BCUT2D eigenvalue weighted by atomic mass is 16.3. The second-order valence-corrected chi connectivity index (χ2v) is 6.51. The lowest BCUT2D eigenvalue weighted by Crippen LogP contribution is -2.48. The maximum absolute atomic E-state index is 10.1. The highest BCUT2D eigenvalue weighted by molar-refractivity contribution is 5.40. The third-order valence-electron chi connectivity index (χ3n) is 5.24. The minimum Gasteiger partial charge on any atom is -0.508 e. The van der Waals surface area contributed by atoms with E-state index in [9.17, 15) is 10.2 Å². The molecule has 0 radical (unpaired) electrons. The monoisotopic (exact) mass is 290 g/mol. The van der Waals surface area contributed by atoms with Crippen molar-refractivity contribution in [2.45, 2.75) is 63.7 Å². The lowest BCUT2D eigenvalue weighted by molar-refractivity contribution is 0.106. The molecule has 2 bridgehead atoms. The van der Waals surface area contributed by atoms with Gasteiger partial charge in [0.25, 0.3) is 0 Å². The first-order valence-electron chi connectivity index (χ1n) is 8.12. The summed E-state index contributed by atoms with van der Waals surface area (Å²) in [4.78, 5) is 2.50. The predicted molar refractivity (Wildman–Crippen MR) is 83.5 cm³/mol. The number of benzene rings is 1. The van der Waals surface area contributed by atoms with E-state index < -0.39 is 0 Å². The molecule has 2 saturated heterocycles. The zero-order valence-electron chi connectivity index (χ0n) is 12.9. The minimum absolute atomic E-state index is 0.117. The van der Waals surface area contributed by atoms with Crippen molar-refractivity contribution in [2.24, 2.45) is 0 Å². The molecule has 4 nitrogen and oxygen atoms in total. The predicted octanol–water partition coefficient (Wildman–Crippen LogP) is 2.76. The lowest BCUT2D eigenvalue weighted by Gasteiger charge is -2.40. The molecule has 2 aliphatic heterocycles. The second kappa shape index (κ2) is 5.85. The first-order chi connectivity index (χ1) is 10.1. The van der Waals surface area contributed by atoms with Crippen LogP contribution in [0.1, 0.15) is 51.1 Å². The minimum atomic E-state index is 0.117. The quantitative estimate of drug-likeness (QED) is 0.798. The molecule has 0 spiro atoms. The first-order valence-corrected chi connectivity index (χ1v) is 8.12. The molecule has 0 amide bonds. The van der Waals surface area contributed by atoms with E-state index in [1.165, 1.54) is 31.7 Å². The highest BCUT2D eigenvalue weighted by Gasteiger charge is 2.37. The van der Waals surface area contributed by atoms with E-state index in [0.717, 1.165) is 12.1 Å². The van der Waals surface area contributed by atoms with Crippen LogP contribution in [-0.2, 0) is 0 Å². The molecule has 2 aliphatic rings. The maximum Gasteiger partial charge on any atom is 0.124 e. The molecule has 1 aromatic rings. The van der Waals surface area contributed by atoms with E-state index >= 15 is 0 Å². The summed E-state index contributed by atoms with van der Waals surface area (Å²) >= 11 is 0. The van der Waals surface area contributed by atoms with Crippen molar-refractivity contribution in [3.05, 3.63) is 23.8 Å². The van der Waals surface area contributed by atoms with Gasteiger partial charge < -0.3 is 15.5 Å². The molecular weight excluding hydrogens is 264 g/mol. The number of phenolic OH excluding ortho intramolecular Hbond substituents is 2. The van der Waals surface area contributed by atoms with Crippen LogP contribution in [0.5, 0.6) is 11.5 Å². The number of piperidine rings is 1. The summed E-state index contributed by atoms with van der Waals surface area (Å²) in [5, 5.41) is 23.3. The summed E-state index contributed by atoms with van der Waals surface area (Å²) < 4.78 is 0. The van der Waals surface area contributed by atoms with Crippen LogP contribution >= 0.6 is 0 Å². The first kappa shape index (κ1) is 14.7. The van der Waals surface area contributed by atoms with Gasteiger partial charge in [0.15, 0.2) is 0 Å². The summed E-state index contributed by atoms with van der Waals surface area (Å²) in [7, 11) is 0. The maximum atomic E-state index is 10.1. The van der Waals surface area contributed by atoms with Crippen LogP contribution in [0.4, 0.5) is 0 Å². The Hall–Kier alpha value is -1.26. The number of hydrogen-bond acceptors (Lipinski definition) is 4. The SMILES string of the molecule is CCN(C1CC2CCC(C1)N2)C(C)c1ccc(O)cc1O. The van der Waals surface area contributed by atoms with Gasteiger partial charge in [0.1, 0.15) is 11.5 Å². The Balaban J connectivity index is 1.79. The fraction of sp³-hybridized carbons (Fsp3) is 0.647. The molecule has 116 valence electrons. The summed E-state index contributed by atoms with van der Waals surface area (Å²) in [5.41, 5.74) is 0.903. The Morgan fingerprint density at radius 2 is 1.90 bits per heavy atom. The summed E-state index contributed by atoms with van der Waals surface area (Å²) in [5.74, 6) is 0.310. The number of fused-ring (bicyclic) bond motifs is 2. The van der Waals surface area contributed by atoms with E-state index in [-0.39, 0.29) is 17.5 Å². The van der Waals surface area contributed by atoms with Gasteiger partial charge in [0.2, 0.25) is 0 Å². The van der Waals surface area contributed by atoms with Gasteiger partial charge in [-0.3, -0.25) is 4.90 Å². The fourth-order valence-electron chi connectivity index (χ4n) is 4.21. The van der Waals surface area contributed by atoms with Gasteiger partial charge in [-0.1, -0.05) is 13.0 Å². The van der Waals surface area contributed by atoms with Gasteiger partial charge in [-0.05, 0) is 45.2 Å². The standard InChI is InChI=1S/C17H26N2O2/c1-3-19(14-8-12-4-5-13(9-14)18-12)11(2)16-7-6-15(20)10-17(16)21/h6-7,10-14,18,20-21H,3-5,8-9H2,1-2H3. The molecule has 1 aromatic carbocycles. The average Bonchev–Trinajstić information content (AvgIpc) is 2.78. The van der Waals surface area contributed by atoms with Gasteiger partial charge in [-0.25, -0.2) is 0 Å². The van der Waals surface area contributed by atoms with E-state index in [4.69, 9.17) is 0 Å². The van der Waals surface area contributed by atoms with Crippen molar-refractivity contribution in [2.75, 3.05) is 6.54 Å². The largest absolute Gasteiger partial charge is 0.508 e. The third kappa shape index (κ3) is 2.87. The van der Waals surface area contributed by atoms with E-state index in [2.05, 4.69) is 24.1 Å². The van der Waals surface area contributed by atoms with Crippen LogP contribution < -0.4 is 5.32 Å². The Morgan fingerprint density at radius 3 is 2.48 bits per heavy atom. The smallest absolute Gasteiger partial charge is 0.124 e. The van der Waals surface area contributed by atoms with Crippen LogP contribution in [0.2, 0.25) is 0 Å². The highest BCUT2D eigenvalue weighted by Crippen LogP contribution is 2.36. The van der Waals surface area contributed by atoms with Crippen molar-refractivity contribution in [3.63, 3.8) is 0 Å². The molecule has 2 heterocycles.